The maximum atomic E-state index is 4.62. The number of nitrogens with zero attached hydrogens (tertiary/aromatic N) is 2. The van der Waals surface area contributed by atoms with Crippen molar-refractivity contribution >= 4 is 46.4 Å². The zero-order chi connectivity index (χ0) is 15.9. The molecule has 0 unspecified atom stereocenters. The predicted molar refractivity (Wildman–Crippen MR) is 98.9 cm³/mol. The first-order valence-electron chi connectivity index (χ1n) is 7.85. The summed E-state index contributed by atoms with van der Waals surface area (Å²) in [4.78, 5) is 16.0. The van der Waals surface area contributed by atoms with Gasteiger partial charge in [-0.2, -0.15) is 0 Å². The minimum Gasteiger partial charge on any atom is -0.355 e. The second-order valence-electron chi connectivity index (χ2n) is 5.91. The quantitative estimate of drug-likeness (QED) is 0.365. The van der Waals surface area contributed by atoms with Crippen LogP contribution < -0.4 is 0 Å². The first-order chi connectivity index (χ1) is 11.8. The van der Waals surface area contributed by atoms with E-state index < -0.39 is 0 Å². The van der Waals surface area contributed by atoms with Gasteiger partial charge in [0.2, 0.25) is 0 Å². The molecule has 8 bridgehead atoms. The van der Waals surface area contributed by atoms with Crippen molar-refractivity contribution in [2.45, 2.75) is 0 Å². The molecule has 0 radical (unpaired) electrons. The summed E-state index contributed by atoms with van der Waals surface area (Å²) < 4.78 is 0. The van der Waals surface area contributed by atoms with Crippen molar-refractivity contribution < 1.29 is 19.5 Å². The maximum Gasteiger partial charge on any atom is 6.00 e. The number of aromatic amines is 2. The van der Waals surface area contributed by atoms with Gasteiger partial charge in [-0.15, -0.1) is 0 Å². The van der Waals surface area contributed by atoms with Crippen LogP contribution in [0.25, 0.3) is 46.4 Å². The fourth-order valence-electron chi connectivity index (χ4n) is 2.94. The number of aromatic nitrogens is 4. The summed E-state index contributed by atoms with van der Waals surface area (Å²) in [6.45, 7) is 0. The van der Waals surface area contributed by atoms with E-state index in [4.69, 9.17) is 0 Å². The van der Waals surface area contributed by atoms with Gasteiger partial charge in [-0.3, -0.25) is 0 Å². The smallest absolute Gasteiger partial charge is 0.355 e. The van der Waals surface area contributed by atoms with Gasteiger partial charge < -0.3 is 9.97 Å². The molecule has 5 heterocycles. The van der Waals surface area contributed by atoms with E-state index in [0.29, 0.717) is 0 Å². The first-order valence-corrected chi connectivity index (χ1v) is 7.85. The van der Waals surface area contributed by atoms with Crippen molar-refractivity contribution in [1.29, 1.82) is 0 Å². The van der Waals surface area contributed by atoms with Crippen LogP contribution in [0.2, 0.25) is 0 Å². The molecule has 5 heteroatoms. The standard InChI is InChI=1S/C20H14N4.Ru/c1-2-14-10-16-5-6-18(23-16)12-20-8-7-19(24-20)11-17-4-3-15(22-17)9-13(1)21-14;/h1-12,21-22H;/q;+6. The van der Waals surface area contributed by atoms with Crippen molar-refractivity contribution in [3.63, 3.8) is 0 Å². The fraction of sp³-hybridized carbons (Fsp3) is 0. The average Bonchev–Trinajstić information content (AvgIpc) is 3.32. The van der Waals surface area contributed by atoms with Crippen LogP contribution in [0.4, 0.5) is 0 Å². The molecule has 0 spiro atoms. The van der Waals surface area contributed by atoms with Crippen LogP contribution in [0.1, 0.15) is 22.8 Å². The summed E-state index contributed by atoms with van der Waals surface area (Å²) >= 11 is 0. The van der Waals surface area contributed by atoms with E-state index >= 15 is 0 Å². The van der Waals surface area contributed by atoms with E-state index in [0.717, 1.165) is 44.8 Å². The summed E-state index contributed by atoms with van der Waals surface area (Å²) in [5.41, 5.74) is 7.86. The van der Waals surface area contributed by atoms with Crippen LogP contribution >= 0.6 is 0 Å². The normalized spacial score (nSPS) is 12.2. The predicted octanol–water partition coefficient (Wildman–Crippen LogP) is 4.65. The number of rotatable bonds is 0. The molecule has 25 heavy (non-hydrogen) atoms. The summed E-state index contributed by atoms with van der Waals surface area (Å²) in [5.74, 6) is 0. The van der Waals surface area contributed by atoms with Gasteiger partial charge in [0.25, 0.3) is 0 Å². The molecule has 3 aromatic heterocycles. The molecule has 0 atom stereocenters. The Hall–Kier alpha value is -2.78. The molecular weight excluding hydrogens is 397 g/mol. The average molecular weight is 411 g/mol. The molecule has 4 nitrogen and oxygen atoms in total. The second kappa shape index (κ2) is 6.26. The topological polar surface area (TPSA) is 57.4 Å². The van der Waals surface area contributed by atoms with Gasteiger partial charge in [-0.25, -0.2) is 9.97 Å². The van der Waals surface area contributed by atoms with Gasteiger partial charge in [-0.1, -0.05) is 0 Å². The Morgan fingerprint density at radius 2 is 0.840 bits per heavy atom. The number of fused-ring (bicyclic) bond motifs is 8. The van der Waals surface area contributed by atoms with Crippen LogP contribution in [0.3, 0.4) is 0 Å². The SMILES string of the molecule is C1=Cc2cc3ccc(cc4ccc(cc5nc(cc1n2)C=C5)[nH]4)[nH]3.[Ru+6]. The first kappa shape index (κ1) is 15.7. The molecule has 0 aliphatic carbocycles. The zero-order valence-electron chi connectivity index (χ0n) is 13.2. The van der Waals surface area contributed by atoms with Crippen molar-refractivity contribution in [3.8, 4) is 0 Å². The summed E-state index contributed by atoms with van der Waals surface area (Å²) in [7, 11) is 0. The number of nitrogens with one attached hydrogen (secondary N) is 2. The minimum absolute atomic E-state index is 0. The van der Waals surface area contributed by atoms with E-state index in [1.807, 2.05) is 42.5 Å². The number of H-pyrrole nitrogens is 2. The van der Waals surface area contributed by atoms with Crippen LogP contribution in [-0.2, 0) is 19.5 Å². The van der Waals surface area contributed by atoms with Gasteiger partial charge >= 0.3 is 19.5 Å². The third-order valence-electron chi connectivity index (χ3n) is 4.04. The minimum atomic E-state index is 0. The number of hydrogen-bond donors (Lipinski definition) is 2. The van der Waals surface area contributed by atoms with E-state index in [-0.39, 0.29) is 19.5 Å². The van der Waals surface area contributed by atoms with Gasteiger partial charge in [0.15, 0.2) is 0 Å². The molecule has 116 valence electrons. The largest absolute Gasteiger partial charge is 6.00 e. The zero-order valence-corrected chi connectivity index (χ0v) is 14.9. The second-order valence-corrected chi connectivity index (χ2v) is 5.91. The fourth-order valence-corrected chi connectivity index (χ4v) is 2.94. The van der Waals surface area contributed by atoms with E-state index in [9.17, 15) is 0 Å². The molecule has 0 fully saturated rings. The Balaban J connectivity index is 0.00000157. The van der Waals surface area contributed by atoms with Crippen LogP contribution in [0, 0.1) is 0 Å². The molecule has 2 aliphatic rings. The molecule has 0 amide bonds. The van der Waals surface area contributed by atoms with Gasteiger partial charge in [-0.05, 0) is 72.8 Å². The maximum absolute atomic E-state index is 4.62. The Morgan fingerprint density at radius 1 is 0.480 bits per heavy atom. The van der Waals surface area contributed by atoms with E-state index in [2.05, 4.69) is 50.3 Å². The third kappa shape index (κ3) is 3.24. The molecule has 2 N–H and O–H groups in total. The van der Waals surface area contributed by atoms with Crippen molar-refractivity contribution in [2.24, 2.45) is 0 Å². The molecule has 0 saturated carbocycles. The summed E-state index contributed by atoms with van der Waals surface area (Å²) in [5, 5.41) is 0. The summed E-state index contributed by atoms with van der Waals surface area (Å²) in [6, 6.07) is 16.4. The van der Waals surface area contributed by atoms with Crippen molar-refractivity contribution in [3.05, 3.63) is 71.3 Å². The van der Waals surface area contributed by atoms with Gasteiger partial charge in [0.1, 0.15) is 0 Å². The van der Waals surface area contributed by atoms with Gasteiger partial charge in [0.05, 0.1) is 22.8 Å². The molecule has 2 aliphatic heterocycles. The molecule has 0 saturated heterocycles. The van der Waals surface area contributed by atoms with Crippen LogP contribution in [-0.4, -0.2) is 19.9 Å². The Labute approximate surface area is 157 Å². The Morgan fingerprint density at radius 3 is 1.28 bits per heavy atom. The van der Waals surface area contributed by atoms with Crippen LogP contribution in [0.5, 0.6) is 0 Å². The van der Waals surface area contributed by atoms with E-state index in [1.165, 1.54) is 0 Å². The Bertz CT molecular complexity index is 1080. The third-order valence-corrected chi connectivity index (χ3v) is 4.04. The molecule has 3 aromatic rings. The molecule has 5 rings (SSSR count). The van der Waals surface area contributed by atoms with E-state index in [1.54, 1.807) is 0 Å². The monoisotopic (exact) mass is 412 g/mol. The summed E-state index contributed by atoms with van der Waals surface area (Å²) in [6.07, 6.45) is 8.05. The molecule has 0 aromatic carbocycles. The van der Waals surface area contributed by atoms with Crippen molar-refractivity contribution in [2.75, 3.05) is 0 Å². The van der Waals surface area contributed by atoms with Gasteiger partial charge in [0, 0.05) is 22.1 Å². The van der Waals surface area contributed by atoms with Crippen molar-refractivity contribution in [1.82, 2.24) is 19.9 Å². The molecular formula is C20H14N4Ru+6. The van der Waals surface area contributed by atoms with Crippen LogP contribution in [0.15, 0.2) is 48.5 Å². The number of hydrogen-bond acceptors (Lipinski definition) is 2. The Kier molecular flexibility index (Phi) is 3.94.